The maximum absolute atomic E-state index is 13.5. The third kappa shape index (κ3) is 2.65. The molecule has 1 fully saturated rings. The largest absolute Gasteiger partial charge is 0.335 e. The number of benzene rings is 2. The van der Waals surface area contributed by atoms with Crippen molar-refractivity contribution in [1.29, 1.82) is 0 Å². The number of nitrogens with one attached hydrogen (secondary N) is 1. The van der Waals surface area contributed by atoms with Gasteiger partial charge in [0.15, 0.2) is 0 Å². The summed E-state index contributed by atoms with van der Waals surface area (Å²) >= 11 is 0. The zero-order valence-corrected chi connectivity index (χ0v) is 14.7. The average Bonchev–Trinajstić information content (AvgIpc) is 2.95. The average molecular weight is 362 g/mol. The van der Waals surface area contributed by atoms with Crippen molar-refractivity contribution in [2.45, 2.75) is 31.2 Å². The van der Waals surface area contributed by atoms with Crippen LogP contribution in [0.5, 0.6) is 0 Å². The quantitative estimate of drug-likeness (QED) is 0.756. The Kier molecular flexibility index (Phi) is 3.64. The normalized spacial score (nSPS) is 20.7. The molecule has 5 rings (SSSR count). The first kappa shape index (κ1) is 16.2. The number of carbonyl (C=O) groups excluding carboxylic acids is 1. The molecule has 2 aromatic carbocycles. The highest BCUT2D eigenvalue weighted by molar-refractivity contribution is 5.83. The van der Waals surface area contributed by atoms with Crippen LogP contribution < -0.4 is 5.56 Å². The Morgan fingerprint density at radius 2 is 1.96 bits per heavy atom. The van der Waals surface area contributed by atoms with Crippen LogP contribution in [0.2, 0.25) is 0 Å². The summed E-state index contributed by atoms with van der Waals surface area (Å²) in [6, 6.07) is 14.3. The number of aromatic nitrogens is 1. The zero-order valence-electron chi connectivity index (χ0n) is 14.7. The Bertz CT molecular complexity index is 1120. The Morgan fingerprint density at radius 1 is 1.15 bits per heavy atom. The number of carbonyl (C=O) groups is 1. The first-order chi connectivity index (χ1) is 13.1. The molecular weight excluding hydrogens is 343 g/mol. The van der Waals surface area contributed by atoms with Crippen LogP contribution in [0.3, 0.4) is 0 Å². The molecule has 2 heterocycles. The van der Waals surface area contributed by atoms with Gasteiger partial charge in [0.1, 0.15) is 5.82 Å². The molecule has 1 amide bonds. The number of rotatable bonds is 2. The maximum Gasteiger partial charge on any atom is 0.252 e. The Labute approximate surface area is 155 Å². The number of piperidine rings is 1. The van der Waals surface area contributed by atoms with Crippen molar-refractivity contribution >= 4 is 16.8 Å². The van der Waals surface area contributed by atoms with Gasteiger partial charge in [-0.05, 0) is 54.2 Å². The number of aromatic amines is 1. The molecule has 0 unspecified atom stereocenters. The molecule has 27 heavy (non-hydrogen) atoms. The third-order valence-electron chi connectivity index (χ3n) is 5.94. The second-order valence-corrected chi connectivity index (χ2v) is 7.49. The van der Waals surface area contributed by atoms with E-state index in [1.807, 2.05) is 11.0 Å². The van der Waals surface area contributed by atoms with Gasteiger partial charge in [0.05, 0.1) is 12.5 Å². The molecule has 0 saturated carbocycles. The molecular formula is C22H19FN2O2. The molecule has 136 valence electrons. The van der Waals surface area contributed by atoms with Gasteiger partial charge in [-0.15, -0.1) is 0 Å². The molecule has 1 aromatic heterocycles. The van der Waals surface area contributed by atoms with E-state index in [0.29, 0.717) is 28.9 Å². The number of amides is 1. The molecule has 1 N–H and O–H groups in total. The monoisotopic (exact) mass is 362 g/mol. The van der Waals surface area contributed by atoms with Crippen molar-refractivity contribution in [1.82, 2.24) is 9.88 Å². The van der Waals surface area contributed by atoms with Gasteiger partial charge < -0.3 is 9.88 Å². The van der Waals surface area contributed by atoms with Crippen molar-refractivity contribution in [3.8, 4) is 0 Å². The van der Waals surface area contributed by atoms with E-state index < -0.39 is 0 Å². The first-order valence-electron chi connectivity index (χ1n) is 9.30. The molecule has 0 radical (unpaired) electrons. The van der Waals surface area contributed by atoms with E-state index in [9.17, 15) is 14.0 Å². The summed E-state index contributed by atoms with van der Waals surface area (Å²) in [4.78, 5) is 30.1. The molecule has 1 saturated heterocycles. The zero-order chi connectivity index (χ0) is 18.5. The lowest BCUT2D eigenvalue weighted by molar-refractivity contribution is -0.134. The Morgan fingerprint density at radius 3 is 2.81 bits per heavy atom. The lowest BCUT2D eigenvalue weighted by Gasteiger charge is -2.34. The molecule has 3 aromatic rings. The lowest BCUT2D eigenvalue weighted by atomic mass is 9.95. The van der Waals surface area contributed by atoms with E-state index in [1.54, 1.807) is 6.07 Å². The predicted molar refractivity (Wildman–Crippen MR) is 101 cm³/mol. The van der Waals surface area contributed by atoms with Crippen molar-refractivity contribution in [2.75, 3.05) is 6.54 Å². The highest BCUT2D eigenvalue weighted by Gasteiger charge is 2.40. The van der Waals surface area contributed by atoms with Crippen molar-refractivity contribution in [3.63, 3.8) is 0 Å². The summed E-state index contributed by atoms with van der Waals surface area (Å²) in [6.07, 6.45) is 1.95. The minimum atomic E-state index is -0.364. The van der Waals surface area contributed by atoms with Crippen LogP contribution in [-0.2, 0) is 11.2 Å². The van der Waals surface area contributed by atoms with E-state index in [-0.39, 0.29) is 29.7 Å². The molecule has 5 heteroatoms. The summed E-state index contributed by atoms with van der Waals surface area (Å²) < 4.78 is 13.5. The van der Waals surface area contributed by atoms with Crippen LogP contribution >= 0.6 is 0 Å². The minimum absolute atomic E-state index is 0.0329. The van der Waals surface area contributed by atoms with Crippen molar-refractivity contribution < 1.29 is 9.18 Å². The van der Waals surface area contributed by atoms with Gasteiger partial charge in [0.2, 0.25) is 5.91 Å². The first-order valence-corrected chi connectivity index (χ1v) is 9.30. The number of fused-ring (bicyclic) bond motifs is 6. The summed E-state index contributed by atoms with van der Waals surface area (Å²) in [5.41, 5.74) is 3.26. The summed E-state index contributed by atoms with van der Waals surface area (Å²) in [7, 11) is 0. The SMILES string of the molecule is O=C(Cc1cc2cc(F)ccc2[nH]c1=O)N1CC[C@H]2C[C@H]1c1ccccc12. The van der Waals surface area contributed by atoms with Gasteiger partial charge >= 0.3 is 0 Å². The fourth-order valence-corrected chi connectivity index (χ4v) is 4.65. The molecule has 4 nitrogen and oxygen atoms in total. The van der Waals surface area contributed by atoms with E-state index in [1.165, 1.54) is 29.3 Å². The van der Waals surface area contributed by atoms with Crippen molar-refractivity contribution in [3.05, 3.63) is 81.4 Å². The number of hydrogen-bond donors (Lipinski definition) is 1. The molecule has 2 aliphatic rings. The molecule has 1 aliphatic carbocycles. The van der Waals surface area contributed by atoms with Gasteiger partial charge in [-0.25, -0.2) is 4.39 Å². The van der Waals surface area contributed by atoms with Crippen LogP contribution in [0.4, 0.5) is 4.39 Å². The number of hydrogen-bond acceptors (Lipinski definition) is 2. The van der Waals surface area contributed by atoms with E-state index in [0.717, 1.165) is 12.8 Å². The van der Waals surface area contributed by atoms with E-state index >= 15 is 0 Å². The van der Waals surface area contributed by atoms with Gasteiger partial charge in [-0.2, -0.15) is 0 Å². The highest BCUT2D eigenvalue weighted by atomic mass is 19.1. The van der Waals surface area contributed by atoms with E-state index in [4.69, 9.17) is 0 Å². The Balaban J connectivity index is 1.45. The second-order valence-electron chi connectivity index (χ2n) is 7.49. The maximum atomic E-state index is 13.5. The van der Waals surface area contributed by atoms with Gasteiger partial charge in [0.25, 0.3) is 5.56 Å². The standard InChI is InChI=1S/C22H19FN2O2/c23-16-5-6-19-14(10-16)9-15(22(27)24-19)12-21(26)25-8-7-13-11-20(25)18-4-2-1-3-17(13)18/h1-6,9-10,13,20H,7-8,11-12H2,(H,24,27)/t13-,20-/m0/s1. The van der Waals surface area contributed by atoms with Crippen molar-refractivity contribution in [2.24, 2.45) is 0 Å². The summed E-state index contributed by atoms with van der Waals surface area (Å²) in [5, 5.41) is 0.599. The third-order valence-corrected chi connectivity index (χ3v) is 5.94. The Hall–Kier alpha value is -2.95. The van der Waals surface area contributed by atoms with Crippen LogP contribution in [0.25, 0.3) is 10.9 Å². The molecule has 0 spiro atoms. The fraction of sp³-hybridized carbons (Fsp3) is 0.273. The summed E-state index contributed by atoms with van der Waals surface area (Å²) in [6.45, 7) is 0.711. The second kappa shape index (κ2) is 6.05. The molecule has 2 atom stereocenters. The summed E-state index contributed by atoms with van der Waals surface area (Å²) in [5.74, 6) is 0.121. The van der Waals surface area contributed by atoms with Crippen LogP contribution in [0.1, 0.15) is 41.5 Å². The number of halogens is 1. The highest BCUT2D eigenvalue weighted by Crippen LogP contribution is 2.48. The predicted octanol–water partition coefficient (Wildman–Crippen LogP) is 3.67. The van der Waals surface area contributed by atoms with Crippen LogP contribution in [0, 0.1) is 5.82 Å². The fourth-order valence-electron chi connectivity index (χ4n) is 4.65. The molecule has 1 aliphatic heterocycles. The lowest BCUT2D eigenvalue weighted by Crippen LogP contribution is -2.39. The van der Waals surface area contributed by atoms with Gasteiger partial charge in [0, 0.05) is 23.0 Å². The van der Waals surface area contributed by atoms with Crippen LogP contribution in [0.15, 0.2) is 53.3 Å². The molecule has 2 bridgehead atoms. The number of nitrogens with zero attached hydrogens (tertiary/aromatic N) is 1. The van der Waals surface area contributed by atoms with Gasteiger partial charge in [-0.1, -0.05) is 24.3 Å². The number of likely N-dealkylation sites (tertiary alicyclic amines) is 1. The minimum Gasteiger partial charge on any atom is -0.335 e. The topological polar surface area (TPSA) is 53.2 Å². The smallest absolute Gasteiger partial charge is 0.252 e. The van der Waals surface area contributed by atoms with Gasteiger partial charge in [-0.3, -0.25) is 9.59 Å². The number of H-pyrrole nitrogens is 1. The van der Waals surface area contributed by atoms with E-state index in [2.05, 4.69) is 23.2 Å². The number of pyridine rings is 1. The van der Waals surface area contributed by atoms with Crippen LogP contribution in [-0.4, -0.2) is 22.3 Å².